The second-order valence-electron chi connectivity index (χ2n) is 6.41. The third-order valence-corrected chi connectivity index (χ3v) is 4.69. The van der Waals surface area contributed by atoms with E-state index in [1.54, 1.807) is 19.2 Å². The second-order valence-corrected chi connectivity index (χ2v) is 6.41. The van der Waals surface area contributed by atoms with Gasteiger partial charge in [0.25, 0.3) is 11.5 Å². The minimum atomic E-state index is -0.473. The Bertz CT molecular complexity index is 1040. The van der Waals surface area contributed by atoms with E-state index in [4.69, 9.17) is 4.74 Å². The molecule has 0 saturated heterocycles. The zero-order valence-corrected chi connectivity index (χ0v) is 14.4. The van der Waals surface area contributed by atoms with Crippen molar-refractivity contribution in [1.82, 2.24) is 14.9 Å². The van der Waals surface area contributed by atoms with E-state index in [1.807, 2.05) is 36.4 Å². The van der Waals surface area contributed by atoms with E-state index in [2.05, 4.69) is 10.3 Å². The van der Waals surface area contributed by atoms with E-state index in [1.165, 1.54) is 10.1 Å². The molecule has 4 rings (SSSR count). The van der Waals surface area contributed by atoms with Crippen LogP contribution in [0.25, 0.3) is 11.0 Å². The maximum atomic E-state index is 12.5. The number of rotatable bonds is 3. The van der Waals surface area contributed by atoms with Gasteiger partial charge in [0, 0.05) is 7.05 Å². The van der Waals surface area contributed by atoms with Gasteiger partial charge in [0.05, 0.1) is 17.6 Å². The zero-order chi connectivity index (χ0) is 18.1. The molecule has 0 saturated carbocycles. The molecule has 0 fully saturated rings. The molecule has 0 radical (unpaired) electrons. The summed E-state index contributed by atoms with van der Waals surface area (Å²) in [4.78, 5) is 29.2. The summed E-state index contributed by atoms with van der Waals surface area (Å²) in [6, 6.07) is 15.2. The minimum Gasteiger partial charge on any atom is -0.488 e. The van der Waals surface area contributed by atoms with Crippen LogP contribution in [0, 0.1) is 0 Å². The Kier molecular flexibility index (Phi) is 4.16. The number of fused-ring (bicyclic) bond motifs is 2. The molecular weight excluding hydrogens is 330 g/mol. The van der Waals surface area contributed by atoms with Gasteiger partial charge in [-0.05, 0) is 36.6 Å². The number of benzene rings is 2. The maximum Gasteiger partial charge on any atom is 0.282 e. The van der Waals surface area contributed by atoms with Crippen molar-refractivity contribution in [3.05, 3.63) is 70.1 Å². The number of carbonyl (C=O) groups excluding carboxylic acids is 1. The summed E-state index contributed by atoms with van der Waals surface area (Å²) in [5.41, 5.74) is 1.99. The Balaban J connectivity index is 1.50. The molecule has 1 aliphatic rings. The van der Waals surface area contributed by atoms with Gasteiger partial charge in [-0.1, -0.05) is 30.3 Å². The fourth-order valence-corrected chi connectivity index (χ4v) is 3.24. The third-order valence-electron chi connectivity index (χ3n) is 4.69. The highest BCUT2D eigenvalue weighted by molar-refractivity contribution is 5.93. The van der Waals surface area contributed by atoms with Crippen molar-refractivity contribution in [2.24, 2.45) is 7.05 Å². The van der Waals surface area contributed by atoms with Crippen molar-refractivity contribution in [1.29, 1.82) is 0 Å². The normalized spacial score (nSPS) is 16.0. The molecule has 1 amide bonds. The molecule has 1 aromatic heterocycles. The summed E-state index contributed by atoms with van der Waals surface area (Å²) in [6.07, 6.45) is 1.62. The van der Waals surface area contributed by atoms with Crippen LogP contribution in [0.4, 0.5) is 0 Å². The van der Waals surface area contributed by atoms with Gasteiger partial charge in [0.15, 0.2) is 5.69 Å². The van der Waals surface area contributed by atoms with Crippen LogP contribution in [-0.2, 0) is 13.5 Å². The SMILES string of the molecule is Cn1c(=O)c(C(=O)NC[C@H]2CCc3ccccc3O2)nc2ccccc21. The number of amides is 1. The van der Waals surface area contributed by atoms with E-state index in [0.717, 1.165) is 18.6 Å². The first-order chi connectivity index (χ1) is 12.6. The number of nitrogens with one attached hydrogen (secondary N) is 1. The average molecular weight is 349 g/mol. The van der Waals surface area contributed by atoms with Crippen molar-refractivity contribution < 1.29 is 9.53 Å². The van der Waals surface area contributed by atoms with Crippen LogP contribution < -0.4 is 15.6 Å². The van der Waals surface area contributed by atoms with Crippen LogP contribution in [0.1, 0.15) is 22.5 Å². The number of aryl methyl sites for hydroxylation is 2. The Morgan fingerprint density at radius 3 is 2.88 bits per heavy atom. The molecule has 6 heteroatoms. The van der Waals surface area contributed by atoms with Gasteiger partial charge in [-0.15, -0.1) is 0 Å². The summed E-state index contributed by atoms with van der Waals surface area (Å²) in [6.45, 7) is 0.338. The molecule has 0 bridgehead atoms. The minimum absolute atomic E-state index is 0.0950. The highest BCUT2D eigenvalue weighted by atomic mass is 16.5. The van der Waals surface area contributed by atoms with Gasteiger partial charge in [-0.3, -0.25) is 9.59 Å². The molecule has 0 unspecified atom stereocenters. The summed E-state index contributed by atoms with van der Waals surface area (Å²) in [7, 11) is 1.64. The topological polar surface area (TPSA) is 73.2 Å². The Hall–Kier alpha value is -3.15. The van der Waals surface area contributed by atoms with E-state index >= 15 is 0 Å². The summed E-state index contributed by atoms with van der Waals surface area (Å²) in [5, 5.41) is 2.79. The third kappa shape index (κ3) is 2.94. The number of nitrogens with zero attached hydrogens (tertiary/aromatic N) is 2. The zero-order valence-electron chi connectivity index (χ0n) is 14.4. The Morgan fingerprint density at radius 1 is 1.23 bits per heavy atom. The number of para-hydroxylation sites is 3. The first kappa shape index (κ1) is 16.3. The van der Waals surface area contributed by atoms with Gasteiger partial charge < -0.3 is 14.6 Å². The van der Waals surface area contributed by atoms with Crippen LogP contribution in [0.3, 0.4) is 0 Å². The van der Waals surface area contributed by atoms with Gasteiger partial charge in [0.2, 0.25) is 0 Å². The van der Waals surface area contributed by atoms with Gasteiger partial charge >= 0.3 is 0 Å². The lowest BCUT2D eigenvalue weighted by Gasteiger charge is -2.26. The van der Waals surface area contributed by atoms with Crippen molar-refractivity contribution >= 4 is 16.9 Å². The fourth-order valence-electron chi connectivity index (χ4n) is 3.24. The number of ether oxygens (including phenoxy) is 1. The molecule has 2 aromatic carbocycles. The van der Waals surface area contributed by atoms with Crippen molar-refractivity contribution in [3.8, 4) is 5.75 Å². The van der Waals surface area contributed by atoms with Crippen LogP contribution >= 0.6 is 0 Å². The van der Waals surface area contributed by atoms with Crippen LogP contribution in [-0.4, -0.2) is 28.1 Å². The van der Waals surface area contributed by atoms with Crippen LogP contribution in [0.5, 0.6) is 5.75 Å². The largest absolute Gasteiger partial charge is 0.488 e. The molecule has 1 atom stereocenters. The van der Waals surface area contributed by atoms with Crippen LogP contribution in [0.15, 0.2) is 53.3 Å². The number of hydrogen-bond acceptors (Lipinski definition) is 4. The smallest absolute Gasteiger partial charge is 0.282 e. The molecule has 0 spiro atoms. The highest BCUT2D eigenvalue weighted by Crippen LogP contribution is 2.26. The van der Waals surface area contributed by atoms with E-state index in [-0.39, 0.29) is 11.8 Å². The number of carbonyl (C=O) groups is 1. The van der Waals surface area contributed by atoms with Gasteiger partial charge in [-0.2, -0.15) is 0 Å². The highest BCUT2D eigenvalue weighted by Gasteiger charge is 2.22. The lowest BCUT2D eigenvalue weighted by atomic mass is 10.0. The van der Waals surface area contributed by atoms with Crippen molar-refractivity contribution in [2.45, 2.75) is 18.9 Å². The van der Waals surface area contributed by atoms with Gasteiger partial charge in [-0.25, -0.2) is 4.98 Å². The summed E-state index contributed by atoms with van der Waals surface area (Å²) in [5.74, 6) is 0.386. The number of aromatic nitrogens is 2. The molecule has 1 N–H and O–H groups in total. The summed E-state index contributed by atoms with van der Waals surface area (Å²) >= 11 is 0. The predicted molar refractivity (Wildman–Crippen MR) is 98.5 cm³/mol. The molecule has 3 aromatic rings. The first-order valence-electron chi connectivity index (χ1n) is 8.62. The lowest BCUT2D eigenvalue weighted by molar-refractivity contribution is 0.0911. The maximum absolute atomic E-state index is 12.5. The first-order valence-corrected chi connectivity index (χ1v) is 8.62. The molecule has 6 nitrogen and oxygen atoms in total. The van der Waals surface area contributed by atoms with E-state index < -0.39 is 11.5 Å². The molecular formula is C20H19N3O3. The summed E-state index contributed by atoms with van der Waals surface area (Å²) < 4.78 is 7.37. The Morgan fingerprint density at radius 2 is 2.00 bits per heavy atom. The Labute approximate surface area is 150 Å². The molecule has 0 aliphatic carbocycles. The van der Waals surface area contributed by atoms with Crippen molar-refractivity contribution in [2.75, 3.05) is 6.54 Å². The standard InChI is InChI=1S/C20H19N3O3/c1-23-16-8-4-3-7-15(16)22-18(20(23)25)19(24)21-12-14-11-10-13-6-2-5-9-17(13)26-14/h2-9,14H,10-12H2,1H3,(H,21,24)/t14-/m1/s1. The average Bonchev–Trinajstić information content (AvgIpc) is 2.68. The van der Waals surface area contributed by atoms with E-state index in [0.29, 0.717) is 17.6 Å². The predicted octanol–water partition coefficient (Wildman–Crippen LogP) is 2.06. The lowest BCUT2D eigenvalue weighted by Crippen LogP contribution is -2.40. The van der Waals surface area contributed by atoms with Gasteiger partial charge in [0.1, 0.15) is 11.9 Å². The molecule has 26 heavy (non-hydrogen) atoms. The monoisotopic (exact) mass is 349 g/mol. The number of hydrogen-bond donors (Lipinski definition) is 1. The quantitative estimate of drug-likeness (QED) is 0.785. The fraction of sp³-hybridized carbons (Fsp3) is 0.250. The second kappa shape index (κ2) is 6.63. The molecule has 2 heterocycles. The molecule has 132 valence electrons. The van der Waals surface area contributed by atoms with E-state index in [9.17, 15) is 9.59 Å². The van der Waals surface area contributed by atoms with Crippen molar-refractivity contribution in [3.63, 3.8) is 0 Å². The van der Waals surface area contributed by atoms with Crippen LogP contribution in [0.2, 0.25) is 0 Å². The molecule has 1 aliphatic heterocycles.